The lowest BCUT2D eigenvalue weighted by Gasteiger charge is -2.15. The van der Waals surface area contributed by atoms with E-state index in [1.165, 1.54) is 12.1 Å². The van der Waals surface area contributed by atoms with Crippen LogP contribution in [0.15, 0.2) is 35.3 Å². The molecule has 0 bridgehead atoms. The second kappa shape index (κ2) is 4.61. The van der Waals surface area contributed by atoms with Crippen molar-refractivity contribution in [3.63, 3.8) is 0 Å². The first-order chi connectivity index (χ1) is 8.06. The van der Waals surface area contributed by atoms with Crippen molar-refractivity contribution in [2.45, 2.75) is 12.8 Å². The standard InChI is InChI=1S/C12H10F3NO/c13-12(14,15)17-11-4-2-1-3-10(11)9-5-7-16-8-6-9/h1-5,8H,6-7H2. The number of ether oxygens (including phenoxy) is 1. The summed E-state index contributed by atoms with van der Waals surface area (Å²) in [7, 11) is 0. The van der Waals surface area contributed by atoms with Gasteiger partial charge in [-0.05, 0) is 11.6 Å². The van der Waals surface area contributed by atoms with Crippen molar-refractivity contribution in [2.75, 3.05) is 6.54 Å². The van der Waals surface area contributed by atoms with Crippen LogP contribution in [0.25, 0.3) is 5.57 Å². The molecule has 1 aromatic rings. The van der Waals surface area contributed by atoms with Crippen LogP contribution < -0.4 is 4.74 Å². The molecule has 17 heavy (non-hydrogen) atoms. The number of benzene rings is 1. The van der Waals surface area contributed by atoms with Gasteiger partial charge >= 0.3 is 6.36 Å². The van der Waals surface area contributed by atoms with Crippen LogP contribution in [-0.4, -0.2) is 19.1 Å². The summed E-state index contributed by atoms with van der Waals surface area (Å²) in [6, 6.07) is 6.13. The molecule has 0 saturated carbocycles. The summed E-state index contributed by atoms with van der Waals surface area (Å²) in [6.07, 6.45) is -0.643. The van der Waals surface area contributed by atoms with E-state index in [9.17, 15) is 13.2 Å². The predicted octanol–water partition coefficient (Wildman–Crippen LogP) is 3.44. The Bertz CT molecular complexity index is 463. The molecule has 2 rings (SSSR count). The molecular formula is C12H10F3NO. The van der Waals surface area contributed by atoms with Gasteiger partial charge in [0.1, 0.15) is 5.75 Å². The molecule has 0 N–H and O–H groups in total. The monoisotopic (exact) mass is 241 g/mol. The minimum absolute atomic E-state index is 0.165. The topological polar surface area (TPSA) is 21.6 Å². The minimum Gasteiger partial charge on any atom is -0.405 e. The molecule has 0 fully saturated rings. The second-order valence-corrected chi connectivity index (χ2v) is 3.53. The van der Waals surface area contributed by atoms with Gasteiger partial charge in [0.05, 0.1) is 6.54 Å². The summed E-state index contributed by atoms with van der Waals surface area (Å²) < 4.78 is 40.7. The zero-order valence-corrected chi connectivity index (χ0v) is 8.87. The van der Waals surface area contributed by atoms with Crippen LogP contribution in [0.1, 0.15) is 12.0 Å². The fourth-order valence-electron chi connectivity index (χ4n) is 1.65. The van der Waals surface area contributed by atoms with E-state index in [2.05, 4.69) is 9.73 Å². The minimum atomic E-state index is -4.67. The van der Waals surface area contributed by atoms with E-state index < -0.39 is 6.36 Å². The third kappa shape index (κ3) is 3.09. The van der Waals surface area contributed by atoms with E-state index in [1.54, 1.807) is 24.4 Å². The molecule has 1 aliphatic heterocycles. The van der Waals surface area contributed by atoms with Crippen LogP contribution >= 0.6 is 0 Å². The molecule has 0 saturated heterocycles. The lowest BCUT2D eigenvalue weighted by atomic mass is 10.0. The number of dihydropyridines is 1. The van der Waals surface area contributed by atoms with Crippen LogP contribution in [0.5, 0.6) is 5.75 Å². The van der Waals surface area contributed by atoms with E-state index in [-0.39, 0.29) is 5.75 Å². The number of halogens is 3. The summed E-state index contributed by atoms with van der Waals surface area (Å²) in [5.41, 5.74) is 1.27. The molecule has 1 heterocycles. The molecule has 0 atom stereocenters. The van der Waals surface area contributed by atoms with Crippen LogP contribution in [0.4, 0.5) is 13.2 Å². The lowest BCUT2D eigenvalue weighted by Crippen LogP contribution is -2.18. The Balaban J connectivity index is 2.30. The Morgan fingerprint density at radius 2 is 1.94 bits per heavy atom. The average molecular weight is 241 g/mol. The van der Waals surface area contributed by atoms with Gasteiger partial charge in [0.25, 0.3) is 0 Å². The highest BCUT2D eigenvalue weighted by Gasteiger charge is 2.32. The first kappa shape index (κ1) is 11.7. The second-order valence-electron chi connectivity index (χ2n) is 3.53. The largest absolute Gasteiger partial charge is 0.573 e. The van der Waals surface area contributed by atoms with Gasteiger partial charge in [-0.25, -0.2) is 0 Å². The van der Waals surface area contributed by atoms with Crippen molar-refractivity contribution in [2.24, 2.45) is 4.99 Å². The van der Waals surface area contributed by atoms with Gasteiger partial charge < -0.3 is 4.74 Å². The van der Waals surface area contributed by atoms with Gasteiger partial charge in [-0.15, -0.1) is 13.2 Å². The molecule has 0 amide bonds. The van der Waals surface area contributed by atoms with Crippen molar-refractivity contribution in [3.8, 4) is 5.75 Å². The van der Waals surface area contributed by atoms with Crippen LogP contribution in [0.3, 0.4) is 0 Å². The number of aliphatic imine (C=N–C) groups is 1. The normalized spacial score (nSPS) is 15.6. The summed E-state index contributed by atoms with van der Waals surface area (Å²) in [6.45, 7) is 0.496. The van der Waals surface area contributed by atoms with Crippen molar-refractivity contribution in [1.29, 1.82) is 0 Å². The van der Waals surface area contributed by atoms with Gasteiger partial charge in [-0.3, -0.25) is 4.99 Å². The number of rotatable bonds is 2. The summed E-state index contributed by atoms with van der Waals surface area (Å²) in [5.74, 6) is -0.165. The number of allylic oxidation sites excluding steroid dienone is 1. The van der Waals surface area contributed by atoms with E-state index in [1.807, 2.05) is 0 Å². The molecule has 1 aliphatic rings. The third-order valence-corrected chi connectivity index (χ3v) is 2.34. The number of para-hydroxylation sites is 1. The molecule has 0 radical (unpaired) electrons. The van der Waals surface area contributed by atoms with E-state index in [4.69, 9.17) is 0 Å². The van der Waals surface area contributed by atoms with Gasteiger partial charge in [0.15, 0.2) is 0 Å². The first-order valence-electron chi connectivity index (χ1n) is 5.09. The number of hydrogen-bond donors (Lipinski definition) is 0. The van der Waals surface area contributed by atoms with Crippen molar-refractivity contribution < 1.29 is 17.9 Å². The zero-order chi connectivity index (χ0) is 12.3. The Morgan fingerprint density at radius 1 is 1.18 bits per heavy atom. The maximum absolute atomic E-state index is 12.2. The highest BCUT2D eigenvalue weighted by atomic mass is 19.4. The van der Waals surface area contributed by atoms with Crippen molar-refractivity contribution >= 4 is 11.8 Å². The first-order valence-corrected chi connectivity index (χ1v) is 5.09. The zero-order valence-electron chi connectivity index (χ0n) is 8.87. The van der Waals surface area contributed by atoms with Crippen LogP contribution in [0, 0.1) is 0 Å². The summed E-state index contributed by atoms with van der Waals surface area (Å²) >= 11 is 0. The molecular weight excluding hydrogens is 231 g/mol. The number of alkyl halides is 3. The number of nitrogens with zero attached hydrogens (tertiary/aromatic N) is 1. The molecule has 0 aromatic heterocycles. The van der Waals surface area contributed by atoms with Gasteiger partial charge in [-0.1, -0.05) is 24.3 Å². The maximum Gasteiger partial charge on any atom is 0.573 e. The quantitative estimate of drug-likeness (QED) is 0.777. The van der Waals surface area contributed by atoms with Gasteiger partial charge in [0.2, 0.25) is 0 Å². The lowest BCUT2D eigenvalue weighted by molar-refractivity contribution is -0.274. The number of hydrogen-bond acceptors (Lipinski definition) is 2. The smallest absolute Gasteiger partial charge is 0.405 e. The van der Waals surface area contributed by atoms with Crippen molar-refractivity contribution in [1.82, 2.24) is 0 Å². The van der Waals surface area contributed by atoms with Gasteiger partial charge in [0, 0.05) is 18.2 Å². The Kier molecular flexibility index (Phi) is 3.17. The highest BCUT2D eigenvalue weighted by Crippen LogP contribution is 2.32. The highest BCUT2D eigenvalue weighted by molar-refractivity contribution is 5.83. The van der Waals surface area contributed by atoms with Gasteiger partial charge in [-0.2, -0.15) is 0 Å². The Morgan fingerprint density at radius 3 is 2.59 bits per heavy atom. The van der Waals surface area contributed by atoms with E-state index >= 15 is 0 Å². The third-order valence-electron chi connectivity index (χ3n) is 2.34. The molecule has 2 nitrogen and oxygen atoms in total. The summed E-state index contributed by atoms with van der Waals surface area (Å²) in [4.78, 5) is 3.99. The fraction of sp³-hybridized carbons (Fsp3) is 0.250. The molecule has 5 heteroatoms. The summed E-state index contributed by atoms with van der Waals surface area (Å²) in [5, 5.41) is 0. The van der Waals surface area contributed by atoms with E-state index in [0.29, 0.717) is 18.5 Å². The molecule has 0 spiro atoms. The van der Waals surface area contributed by atoms with Crippen molar-refractivity contribution in [3.05, 3.63) is 35.9 Å². The average Bonchev–Trinajstić information content (AvgIpc) is 2.29. The SMILES string of the molecule is FC(F)(F)Oc1ccccc1C1=CCN=CC1. The Labute approximate surface area is 96.4 Å². The molecule has 0 unspecified atom stereocenters. The fourth-order valence-corrected chi connectivity index (χ4v) is 1.65. The Hall–Kier alpha value is -1.78. The van der Waals surface area contributed by atoms with E-state index in [0.717, 1.165) is 5.57 Å². The predicted molar refractivity (Wildman–Crippen MR) is 59.1 cm³/mol. The van der Waals surface area contributed by atoms with Crippen LogP contribution in [0.2, 0.25) is 0 Å². The molecule has 1 aromatic carbocycles. The van der Waals surface area contributed by atoms with Crippen LogP contribution in [-0.2, 0) is 0 Å². The maximum atomic E-state index is 12.2. The molecule has 90 valence electrons. The molecule has 0 aliphatic carbocycles.